The number of aliphatic hydroxyl groups excluding tert-OH is 1. The summed E-state index contributed by atoms with van der Waals surface area (Å²) in [7, 11) is 0. The average molecular weight is 176 g/mol. The molecule has 0 fully saturated rings. The van der Waals surface area contributed by atoms with Gasteiger partial charge in [-0.25, -0.2) is 8.78 Å². The van der Waals surface area contributed by atoms with Crippen LogP contribution in [0.15, 0.2) is 6.20 Å². The van der Waals surface area contributed by atoms with Gasteiger partial charge in [0.25, 0.3) is 6.43 Å². The Morgan fingerprint density at radius 1 is 1.67 bits per heavy atom. The highest BCUT2D eigenvalue weighted by atomic mass is 19.3. The fourth-order valence-electron chi connectivity index (χ4n) is 1.06. The van der Waals surface area contributed by atoms with Crippen molar-refractivity contribution in [1.82, 2.24) is 9.78 Å². The van der Waals surface area contributed by atoms with Crippen LogP contribution in [0, 0.1) is 0 Å². The minimum Gasteiger partial charge on any atom is -0.392 e. The summed E-state index contributed by atoms with van der Waals surface area (Å²) < 4.78 is 25.8. The summed E-state index contributed by atoms with van der Waals surface area (Å²) >= 11 is 0. The van der Waals surface area contributed by atoms with Crippen LogP contribution in [0.25, 0.3) is 0 Å². The van der Waals surface area contributed by atoms with E-state index >= 15 is 0 Å². The lowest BCUT2D eigenvalue weighted by atomic mass is 10.2. The molecule has 0 aliphatic heterocycles. The van der Waals surface area contributed by atoms with Gasteiger partial charge in [-0.3, -0.25) is 4.68 Å². The monoisotopic (exact) mass is 176 g/mol. The SMILES string of the molecule is CCn1ncc(CO)c1C(F)F. The topological polar surface area (TPSA) is 38.0 Å². The minimum absolute atomic E-state index is 0.181. The third-order valence-electron chi connectivity index (χ3n) is 1.64. The predicted octanol–water partition coefficient (Wildman–Crippen LogP) is 1.33. The molecule has 1 aromatic rings. The molecular formula is C7H10F2N2O. The van der Waals surface area contributed by atoms with E-state index in [2.05, 4.69) is 5.10 Å². The maximum atomic E-state index is 12.3. The first kappa shape index (κ1) is 9.12. The van der Waals surface area contributed by atoms with Crippen LogP contribution in [-0.2, 0) is 13.2 Å². The van der Waals surface area contributed by atoms with Crippen molar-refractivity contribution in [3.63, 3.8) is 0 Å². The van der Waals surface area contributed by atoms with E-state index in [-0.39, 0.29) is 17.9 Å². The van der Waals surface area contributed by atoms with Gasteiger partial charge in [-0.2, -0.15) is 5.10 Å². The van der Waals surface area contributed by atoms with Crippen LogP contribution >= 0.6 is 0 Å². The number of aliphatic hydroxyl groups is 1. The largest absolute Gasteiger partial charge is 0.392 e. The second-order valence-corrected chi connectivity index (χ2v) is 2.33. The highest BCUT2D eigenvalue weighted by molar-refractivity contribution is 5.17. The van der Waals surface area contributed by atoms with Gasteiger partial charge in [-0.1, -0.05) is 0 Å². The highest BCUT2D eigenvalue weighted by Crippen LogP contribution is 2.22. The van der Waals surface area contributed by atoms with E-state index in [4.69, 9.17) is 5.11 Å². The van der Waals surface area contributed by atoms with Gasteiger partial charge in [0.1, 0.15) is 5.69 Å². The maximum Gasteiger partial charge on any atom is 0.280 e. The van der Waals surface area contributed by atoms with E-state index in [1.807, 2.05) is 0 Å². The molecule has 1 aromatic heterocycles. The molecule has 5 heteroatoms. The van der Waals surface area contributed by atoms with Crippen LogP contribution < -0.4 is 0 Å². The lowest BCUT2D eigenvalue weighted by molar-refractivity contribution is 0.135. The van der Waals surface area contributed by atoms with Crippen LogP contribution in [0.3, 0.4) is 0 Å². The Morgan fingerprint density at radius 2 is 2.33 bits per heavy atom. The number of aryl methyl sites for hydroxylation is 1. The number of hydrogen-bond donors (Lipinski definition) is 1. The fourth-order valence-corrected chi connectivity index (χ4v) is 1.06. The molecule has 1 N–H and O–H groups in total. The molecule has 0 amide bonds. The second-order valence-electron chi connectivity index (χ2n) is 2.33. The van der Waals surface area contributed by atoms with Crippen LogP contribution in [0.5, 0.6) is 0 Å². The molecule has 68 valence electrons. The van der Waals surface area contributed by atoms with Crippen LogP contribution in [0.4, 0.5) is 8.78 Å². The summed E-state index contributed by atoms with van der Waals surface area (Å²) in [6.45, 7) is 1.72. The van der Waals surface area contributed by atoms with E-state index in [1.54, 1.807) is 6.92 Å². The molecule has 1 heterocycles. The summed E-state index contributed by atoms with van der Waals surface area (Å²) in [5.41, 5.74) is 0.0202. The average Bonchev–Trinajstić information content (AvgIpc) is 2.46. The first-order valence-electron chi connectivity index (χ1n) is 3.64. The molecule has 12 heavy (non-hydrogen) atoms. The third kappa shape index (κ3) is 1.45. The van der Waals surface area contributed by atoms with Gasteiger partial charge in [-0.05, 0) is 6.92 Å². The van der Waals surface area contributed by atoms with Crippen LogP contribution in [0.1, 0.15) is 24.6 Å². The minimum atomic E-state index is -2.57. The standard InChI is InChI=1S/C7H10F2N2O/c1-2-11-6(7(8)9)5(4-12)3-10-11/h3,7,12H,2,4H2,1H3. The summed E-state index contributed by atoms with van der Waals surface area (Å²) in [6.07, 6.45) is -1.31. The molecule has 1 rings (SSSR count). The molecule has 0 aromatic carbocycles. The molecule has 0 saturated carbocycles. The number of nitrogens with zero attached hydrogens (tertiary/aromatic N) is 2. The van der Waals surface area contributed by atoms with Crippen molar-refractivity contribution in [2.45, 2.75) is 26.5 Å². The lowest BCUT2D eigenvalue weighted by Crippen LogP contribution is -2.04. The van der Waals surface area contributed by atoms with E-state index in [0.29, 0.717) is 6.54 Å². The van der Waals surface area contributed by atoms with Gasteiger partial charge in [0.2, 0.25) is 0 Å². The van der Waals surface area contributed by atoms with Crippen molar-refractivity contribution < 1.29 is 13.9 Å². The number of halogens is 2. The summed E-state index contributed by atoms with van der Waals surface area (Å²) in [5.74, 6) is 0. The molecule has 0 spiro atoms. The van der Waals surface area contributed by atoms with Crippen LogP contribution in [-0.4, -0.2) is 14.9 Å². The molecule has 0 saturated heterocycles. The summed E-state index contributed by atoms with van der Waals surface area (Å²) in [4.78, 5) is 0. The van der Waals surface area contributed by atoms with Crippen molar-refractivity contribution in [3.05, 3.63) is 17.5 Å². The number of aromatic nitrogens is 2. The lowest BCUT2D eigenvalue weighted by Gasteiger charge is -2.04. The van der Waals surface area contributed by atoms with Crippen molar-refractivity contribution in [2.75, 3.05) is 0 Å². The first-order valence-corrected chi connectivity index (χ1v) is 3.64. The number of alkyl halides is 2. The molecule has 0 atom stereocenters. The highest BCUT2D eigenvalue weighted by Gasteiger charge is 2.18. The van der Waals surface area contributed by atoms with Gasteiger partial charge in [0.15, 0.2) is 0 Å². The molecule has 0 aliphatic rings. The summed E-state index contributed by atoms with van der Waals surface area (Å²) in [6, 6.07) is 0. The first-order chi connectivity index (χ1) is 5.70. The predicted molar refractivity (Wildman–Crippen MR) is 38.8 cm³/mol. The zero-order valence-electron chi connectivity index (χ0n) is 6.67. The molecule has 0 aliphatic carbocycles. The quantitative estimate of drug-likeness (QED) is 0.754. The van der Waals surface area contributed by atoms with Crippen molar-refractivity contribution in [1.29, 1.82) is 0 Å². The Kier molecular flexibility index (Phi) is 2.75. The molecule has 3 nitrogen and oxygen atoms in total. The van der Waals surface area contributed by atoms with Gasteiger partial charge >= 0.3 is 0 Å². The second kappa shape index (κ2) is 3.62. The third-order valence-corrected chi connectivity index (χ3v) is 1.64. The van der Waals surface area contributed by atoms with Crippen molar-refractivity contribution >= 4 is 0 Å². The van der Waals surface area contributed by atoms with E-state index in [1.165, 1.54) is 10.9 Å². The summed E-state index contributed by atoms with van der Waals surface area (Å²) in [5, 5.41) is 12.4. The molecule has 0 radical (unpaired) electrons. The fraction of sp³-hybridized carbons (Fsp3) is 0.571. The van der Waals surface area contributed by atoms with Crippen molar-refractivity contribution in [3.8, 4) is 0 Å². The Labute approximate surface area is 68.6 Å². The Hall–Kier alpha value is -0.970. The van der Waals surface area contributed by atoms with Gasteiger partial charge in [0.05, 0.1) is 12.8 Å². The Morgan fingerprint density at radius 3 is 2.75 bits per heavy atom. The van der Waals surface area contributed by atoms with Crippen molar-refractivity contribution in [2.24, 2.45) is 0 Å². The van der Waals surface area contributed by atoms with E-state index in [9.17, 15) is 8.78 Å². The Balaban J connectivity index is 3.07. The van der Waals surface area contributed by atoms with Gasteiger partial charge in [0, 0.05) is 12.1 Å². The molecule has 0 bridgehead atoms. The van der Waals surface area contributed by atoms with Gasteiger partial charge < -0.3 is 5.11 Å². The zero-order chi connectivity index (χ0) is 9.14. The zero-order valence-corrected chi connectivity index (χ0v) is 6.67. The number of rotatable bonds is 3. The van der Waals surface area contributed by atoms with E-state index < -0.39 is 6.43 Å². The number of hydrogen-bond acceptors (Lipinski definition) is 2. The van der Waals surface area contributed by atoms with Crippen LogP contribution in [0.2, 0.25) is 0 Å². The Bertz CT molecular complexity index is 238. The molecular weight excluding hydrogens is 166 g/mol. The van der Waals surface area contributed by atoms with Gasteiger partial charge in [-0.15, -0.1) is 0 Å². The smallest absolute Gasteiger partial charge is 0.280 e. The maximum absolute atomic E-state index is 12.3. The molecule has 0 unspecified atom stereocenters. The normalized spacial score (nSPS) is 11.1. The van der Waals surface area contributed by atoms with E-state index in [0.717, 1.165) is 0 Å².